The van der Waals surface area contributed by atoms with E-state index in [4.69, 9.17) is 4.74 Å². The molecule has 18 heavy (non-hydrogen) atoms. The van der Waals surface area contributed by atoms with Crippen LogP contribution in [0.15, 0.2) is 12.1 Å². The zero-order valence-corrected chi connectivity index (χ0v) is 11.1. The van der Waals surface area contributed by atoms with E-state index in [0.29, 0.717) is 23.7 Å². The van der Waals surface area contributed by atoms with Crippen LogP contribution >= 0.6 is 0 Å². The normalized spacial score (nSPS) is 21.2. The van der Waals surface area contributed by atoms with Crippen molar-refractivity contribution in [2.45, 2.75) is 51.7 Å². The predicted octanol–water partition coefficient (Wildman–Crippen LogP) is 3.44. The number of rotatable bonds is 4. The van der Waals surface area contributed by atoms with E-state index in [1.165, 1.54) is 0 Å². The Hall–Kier alpha value is -0.930. The van der Waals surface area contributed by atoms with Gasteiger partial charge in [0.05, 0.1) is 12.2 Å². The van der Waals surface area contributed by atoms with Crippen LogP contribution in [0.5, 0.6) is 0 Å². The Bertz CT molecular complexity index is 388. The summed E-state index contributed by atoms with van der Waals surface area (Å²) >= 11 is 0. The number of aryl methyl sites for hydroxylation is 2. The minimum atomic E-state index is -0.521. The maximum Gasteiger partial charge on any atom is 0.129 e. The van der Waals surface area contributed by atoms with E-state index < -0.39 is 6.10 Å². The molecule has 0 amide bonds. The monoisotopic (exact) mass is 252 g/mol. The third-order valence-corrected chi connectivity index (χ3v) is 3.63. The summed E-state index contributed by atoms with van der Waals surface area (Å²) in [5, 5.41) is 10.1. The van der Waals surface area contributed by atoms with Gasteiger partial charge < -0.3 is 9.84 Å². The molecule has 2 rings (SSSR count). The summed E-state index contributed by atoms with van der Waals surface area (Å²) in [7, 11) is 0. The number of benzene rings is 1. The third kappa shape index (κ3) is 3.09. The summed E-state index contributed by atoms with van der Waals surface area (Å²) in [5.41, 5.74) is 2.01. The molecule has 0 aromatic heterocycles. The number of aliphatic hydroxyl groups excluding tert-OH is 1. The molecule has 100 valence electrons. The zero-order valence-electron chi connectivity index (χ0n) is 11.1. The lowest BCUT2D eigenvalue weighted by molar-refractivity contribution is 0.0812. The van der Waals surface area contributed by atoms with Gasteiger partial charge in [0.15, 0.2) is 0 Å². The molecule has 0 bridgehead atoms. The number of hydrogen-bond acceptors (Lipinski definition) is 2. The van der Waals surface area contributed by atoms with Gasteiger partial charge in [-0.1, -0.05) is 12.1 Å². The van der Waals surface area contributed by atoms with Crippen molar-refractivity contribution in [3.63, 3.8) is 0 Å². The lowest BCUT2D eigenvalue weighted by Crippen LogP contribution is -2.08. The van der Waals surface area contributed by atoms with Gasteiger partial charge in [0.1, 0.15) is 5.82 Å². The quantitative estimate of drug-likeness (QED) is 0.889. The summed E-state index contributed by atoms with van der Waals surface area (Å²) in [4.78, 5) is 0. The molecule has 0 spiro atoms. The standard InChI is InChI=1S/C15H21FO2/c1-10-8-12(9-11(2)15(10)16)14(17)6-5-13-4-3-7-18-13/h8-9,13-14,17H,3-7H2,1-2H3. The van der Waals surface area contributed by atoms with E-state index in [1.54, 1.807) is 26.0 Å². The number of hydrogen-bond donors (Lipinski definition) is 1. The fourth-order valence-electron chi connectivity index (χ4n) is 2.55. The van der Waals surface area contributed by atoms with Gasteiger partial charge in [-0.3, -0.25) is 0 Å². The van der Waals surface area contributed by atoms with E-state index in [1.807, 2.05) is 0 Å². The molecule has 1 aromatic rings. The SMILES string of the molecule is Cc1cc(C(O)CCC2CCCO2)cc(C)c1F. The van der Waals surface area contributed by atoms with E-state index in [-0.39, 0.29) is 5.82 Å². The molecule has 1 aliphatic heterocycles. The Morgan fingerprint density at radius 2 is 2.06 bits per heavy atom. The van der Waals surface area contributed by atoms with Crippen LogP contribution in [-0.4, -0.2) is 17.8 Å². The molecule has 0 saturated carbocycles. The summed E-state index contributed by atoms with van der Waals surface area (Å²) < 4.78 is 19.0. The summed E-state index contributed by atoms with van der Waals surface area (Å²) in [6.07, 6.45) is 3.53. The van der Waals surface area contributed by atoms with E-state index >= 15 is 0 Å². The lowest BCUT2D eigenvalue weighted by atomic mass is 9.98. The van der Waals surface area contributed by atoms with Gasteiger partial charge in [-0.05, 0) is 56.2 Å². The molecular weight excluding hydrogens is 231 g/mol. The highest BCUT2D eigenvalue weighted by molar-refractivity contribution is 5.31. The molecule has 2 atom stereocenters. The summed E-state index contributed by atoms with van der Waals surface area (Å²) in [5.74, 6) is -0.176. The maximum atomic E-state index is 13.5. The first kappa shape index (κ1) is 13.5. The van der Waals surface area contributed by atoms with Crippen LogP contribution in [0, 0.1) is 19.7 Å². The minimum Gasteiger partial charge on any atom is -0.388 e. The second-order valence-electron chi connectivity index (χ2n) is 5.20. The second kappa shape index (κ2) is 5.81. The van der Waals surface area contributed by atoms with Gasteiger partial charge in [0.25, 0.3) is 0 Å². The highest BCUT2D eigenvalue weighted by atomic mass is 19.1. The van der Waals surface area contributed by atoms with Crippen molar-refractivity contribution in [1.29, 1.82) is 0 Å². The molecule has 1 fully saturated rings. The Labute approximate surface area is 108 Å². The van der Waals surface area contributed by atoms with Crippen LogP contribution in [0.1, 0.15) is 48.5 Å². The van der Waals surface area contributed by atoms with Crippen LogP contribution < -0.4 is 0 Å². The molecular formula is C15H21FO2. The zero-order chi connectivity index (χ0) is 13.1. The number of aliphatic hydroxyl groups is 1. The molecule has 3 heteroatoms. The average molecular weight is 252 g/mol. The topological polar surface area (TPSA) is 29.5 Å². The van der Waals surface area contributed by atoms with Crippen LogP contribution in [0.4, 0.5) is 4.39 Å². The van der Waals surface area contributed by atoms with Gasteiger partial charge in [-0.2, -0.15) is 0 Å². The molecule has 0 radical (unpaired) electrons. The first-order chi connectivity index (χ1) is 8.58. The molecule has 0 aliphatic carbocycles. The fraction of sp³-hybridized carbons (Fsp3) is 0.600. The molecule has 1 aromatic carbocycles. The van der Waals surface area contributed by atoms with Crippen LogP contribution in [0.3, 0.4) is 0 Å². The first-order valence-electron chi connectivity index (χ1n) is 6.64. The Kier molecular flexibility index (Phi) is 4.36. The van der Waals surface area contributed by atoms with Crippen molar-refractivity contribution in [3.8, 4) is 0 Å². The van der Waals surface area contributed by atoms with Gasteiger partial charge in [0.2, 0.25) is 0 Å². The third-order valence-electron chi connectivity index (χ3n) is 3.63. The largest absolute Gasteiger partial charge is 0.388 e. The predicted molar refractivity (Wildman–Crippen MR) is 69.0 cm³/mol. The van der Waals surface area contributed by atoms with Gasteiger partial charge >= 0.3 is 0 Å². The molecule has 2 unspecified atom stereocenters. The van der Waals surface area contributed by atoms with Gasteiger partial charge in [-0.15, -0.1) is 0 Å². The minimum absolute atomic E-state index is 0.176. The molecule has 1 N–H and O–H groups in total. The first-order valence-corrected chi connectivity index (χ1v) is 6.64. The van der Waals surface area contributed by atoms with E-state index in [0.717, 1.165) is 31.4 Å². The van der Waals surface area contributed by atoms with Gasteiger partial charge in [0, 0.05) is 6.61 Å². The Morgan fingerprint density at radius 3 is 2.61 bits per heavy atom. The highest BCUT2D eigenvalue weighted by Crippen LogP contribution is 2.26. The second-order valence-corrected chi connectivity index (χ2v) is 5.20. The van der Waals surface area contributed by atoms with Crippen molar-refractivity contribution in [2.75, 3.05) is 6.61 Å². The Balaban J connectivity index is 1.97. The lowest BCUT2D eigenvalue weighted by Gasteiger charge is -2.15. The van der Waals surface area contributed by atoms with Crippen molar-refractivity contribution >= 4 is 0 Å². The van der Waals surface area contributed by atoms with Crippen molar-refractivity contribution < 1.29 is 14.2 Å². The number of halogens is 1. The fourth-order valence-corrected chi connectivity index (χ4v) is 2.55. The smallest absolute Gasteiger partial charge is 0.129 e. The number of ether oxygens (including phenoxy) is 1. The van der Waals surface area contributed by atoms with Gasteiger partial charge in [-0.25, -0.2) is 4.39 Å². The maximum absolute atomic E-state index is 13.5. The van der Waals surface area contributed by atoms with E-state index in [2.05, 4.69) is 0 Å². The molecule has 1 saturated heterocycles. The van der Waals surface area contributed by atoms with Crippen molar-refractivity contribution in [1.82, 2.24) is 0 Å². The molecule has 2 nitrogen and oxygen atoms in total. The molecule has 1 heterocycles. The summed E-state index contributed by atoms with van der Waals surface area (Å²) in [6, 6.07) is 3.48. The van der Waals surface area contributed by atoms with E-state index in [9.17, 15) is 9.50 Å². The van der Waals surface area contributed by atoms with Crippen LogP contribution in [-0.2, 0) is 4.74 Å². The molecule has 1 aliphatic rings. The average Bonchev–Trinajstić information content (AvgIpc) is 2.85. The van der Waals surface area contributed by atoms with Crippen molar-refractivity contribution in [2.24, 2.45) is 0 Å². The van der Waals surface area contributed by atoms with Crippen molar-refractivity contribution in [3.05, 3.63) is 34.6 Å². The summed E-state index contributed by atoms with van der Waals surface area (Å²) in [6.45, 7) is 4.31. The van der Waals surface area contributed by atoms with Crippen LogP contribution in [0.25, 0.3) is 0 Å². The Morgan fingerprint density at radius 1 is 1.39 bits per heavy atom. The van der Waals surface area contributed by atoms with Crippen LogP contribution in [0.2, 0.25) is 0 Å². The highest BCUT2D eigenvalue weighted by Gasteiger charge is 2.18.